The van der Waals surface area contributed by atoms with E-state index in [0.717, 1.165) is 24.5 Å². The third-order valence-electron chi connectivity index (χ3n) is 3.89. The standard InChI is InChI=1S/C15H17F2N3O/c1-8(15-19-9(2)20-21-15)18-14-5-11(6-14)10-3-12(16)7-13(17)4-10/h3-4,7-8,11,14,18H,5-6H2,1-2H3/t8-,11?,14?/m0/s1. The van der Waals surface area contributed by atoms with Crippen LogP contribution in [-0.4, -0.2) is 16.2 Å². The summed E-state index contributed by atoms with van der Waals surface area (Å²) in [6, 6.07) is 3.99. The third kappa shape index (κ3) is 3.10. The van der Waals surface area contributed by atoms with Crippen molar-refractivity contribution in [3.05, 3.63) is 47.1 Å². The average Bonchev–Trinajstić information content (AvgIpc) is 2.78. The van der Waals surface area contributed by atoms with E-state index in [1.54, 1.807) is 6.92 Å². The molecule has 21 heavy (non-hydrogen) atoms. The molecule has 1 aromatic heterocycles. The minimum absolute atomic E-state index is 0.0265. The van der Waals surface area contributed by atoms with Crippen molar-refractivity contribution in [1.29, 1.82) is 0 Å². The highest BCUT2D eigenvalue weighted by Gasteiger charge is 2.32. The zero-order valence-electron chi connectivity index (χ0n) is 11.9. The van der Waals surface area contributed by atoms with Crippen LogP contribution in [0.2, 0.25) is 0 Å². The number of benzene rings is 1. The monoisotopic (exact) mass is 293 g/mol. The minimum atomic E-state index is -0.517. The minimum Gasteiger partial charge on any atom is -0.338 e. The van der Waals surface area contributed by atoms with E-state index in [-0.39, 0.29) is 12.0 Å². The largest absolute Gasteiger partial charge is 0.338 e. The summed E-state index contributed by atoms with van der Waals surface area (Å²) in [5.74, 6) is 0.338. The summed E-state index contributed by atoms with van der Waals surface area (Å²) in [5, 5.41) is 7.15. The van der Waals surface area contributed by atoms with Crippen LogP contribution in [0.5, 0.6) is 0 Å². The number of nitrogens with one attached hydrogen (secondary N) is 1. The van der Waals surface area contributed by atoms with Crippen LogP contribution < -0.4 is 5.32 Å². The maximum Gasteiger partial charge on any atom is 0.243 e. The van der Waals surface area contributed by atoms with Gasteiger partial charge in [-0.05, 0) is 50.3 Å². The zero-order chi connectivity index (χ0) is 15.0. The van der Waals surface area contributed by atoms with Gasteiger partial charge >= 0.3 is 0 Å². The fourth-order valence-corrected chi connectivity index (χ4v) is 2.75. The van der Waals surface area contributed by atoms with E-state index in [1.807, 2.05) is 6.92 Å². The van der Waals surface area contributed by atoms with Crippen molar-refractivity contribution in [3.8, 4) is 0 Å². The van der Waals surface area contributed by atoms with Crippen LogP contribution in [0, 0.1) is 18.6 Å². The molecule has 0 unspecified atom stereocenters. The summed E-state index contributed by atoms with van der Waals surface area (Å²) >= 11 is 0. The Hall–Kier alpha value is -1.82. The number of aryl methyl sites for hydroxylation is 1. The molecule has 6 heteroatoms. The predicted octanol–water partition coefficient (Wildman–Crippen LogP) is 3.25. The summed E-state index contributed by atoms with van der Waals surface area (Å²) in [5.41, 5.74) is 0.729. The number of halogens is 2. The van der Waals surface area contributed by atoms with E-state index in [2.05, 4.69) is 15.5 Å². The number of aromatic nitrogens is 2. The van der Waals surface area contributed by atoms with Crippen LogP contribution in [0.3, 0.4) is 0 Å². The Morgan fingerprint density at radius 2 is 1.90 bits per heavy atom. The molecule has 2 aromatic rings. The van der Waals surface area contributed by atoms with Gasteiger partial charge in [0.25, 0.3) is 0 Å². The molecule has 0 spiro atoms. The molecular weight excluding hydrogens is 276 g/mol. The Bertz CT molecular complexity index is 617. The first kappa shape index (κ1) is 14.1. The van der Waals surface area contributed by atoms with Gasteiger partial charge < -0.3 is 9.84 Å². The number of nitrogens with zero attached hydrogens (tertiary/aromatic N) is 2. The fraction of sp³-hybridized carbons (Fsp3) is 0.467. The molecule has 0 saturated heterocycles. The Labute approximate surface area is 121 Å². The lowest BCUT2D eigenvalue weighted by molar-refractivity contribution is 0.245. The number of rotatable bonds is 4. The lowest BCUT2D eigenvalue weighted by atomic mass is 9.75. The van der Waals surface area contributed by atoms with Gasteiger partial charge in [-0.25, -0.2) is 8.78 Å². The summed E-state index contributed by atoms with van der Waals surface area (Å²) in [6.07, 6.45) is 1.70. The highest BCUT2D eigenvalue weighted by Crippen LogP contribution is 2.38. The Kier molecular flexibility index (Phi) is 3.71. The number of hydrogen-bond acceptors (Lipinski definition) is 4. The molecule has 112 valence electrons. The van der Waals surface area contributed by atoms with Crippen molar-refractivity contribution in [2.45, 2.75) is 44.7 Å². The van der Waals surface area contributed by atoms with E-state index >= 15 is 0 Å². The van der Waals surface area contributed by atoms with Crippen LogP contribution in [0.1, 0.15) is 49.0 Å². The molecule has 0 radical (unpaired) electrons. The van der Waals surface area contributed by atoms with E-state index < -0.39 is 11.6 Å². The first-order valence-electron chi connectivity index (χ1n) is 7.03. The molecule has 1 aromatic carbocycles. The van der Waals surface area contributed by atoms with E-state index in [1.165, 1.54) is 12.1 Å². The quantitative estimate of drug-likeness (QED) is 0.940. The van der Waals surface area contributed by atoms with Crippen LogP contribution in [-0.2, 0) is 0 Å². The van der Waals surface area contributed by atoms with Crippen molar-refractivity contribution in [1.82, 2.24) is 15.5 Å². The van der Waals surface area contributed by atoms with Crippen molar-refractivity contribution in [2.75, 3.05) is 0 Å². The van der Waals surface area contributed by atoms with Gasteiger partial charge in [0.2, 0.25) is 5.89 Å². The van der Waals surface area contributed by atoms with Gasteiger partial charge in [-0.1, -0.05) is 5.16 Å². The van der Waals surface area contributed by atoms with Gasteiger partial charge in [-0.3, -0.25) is 0 Å². The Morgan fingerprint density at radius 1 is 1.24 bits per heavy atom. The molecule has 0 aliphatic heterocycles. The zero-order valence-corrected chi connectivity index (χ0v) is 11.9. The van der Waals surface area contributed by atoms with Crippen molar-refractivity contribution < 1.29 is 13.3 Å². The molecule has 1 aliphatic rings. The maximum atomic E-state index is 13.2. The molecule has 0 bridgehead atoms. The predicted molar refractivity (Wildman–Crippen MR) is 72.7 cm³/mol. The second kappa shape index (κ2) is 5.52. The summed E-state index contributed by atoms with van der Waals surface area (Å²) in [7, 11) is 0. The second-order valence-electron chi connectivity index (χ2n) is 5.64. The van der Waals surface area contributed by atoms with Crippen LogP contribution in [0.4, 0.5) is 8.78 Å². The molecule has 1 N–H and O–H groups in total. The lowest BCUT2D eigenvalue weighted by Gasteiger charge is -2.37. The molecule has 1 heterocycles. The molecule has 1 aliphatic carbocycles. The van der Waals surface area contributed by atoms with E-state index in [0.29, 0.717) is 17.8 Å². The molecular formula is C15H17F2N3O. The Morgan fingerprint density at radius 3 is 2.48 bits per heavy atom. The molecule has 4 nitrogen and oxygen atoms in total. The molecule has 1 atom stereocenters. The Balaban J connectivity index is 1.56. The van der Waals surface area contributed by atoms with Gasteiger partial charge in [-0.2, -0.15) is 4.98 Å². The fourth-order valence-electron chi connectivity index (χ4n) is 2.75. The summed E-state index contributed by atoms with van der Waals surface area (Å²) < 4.78 is 31.5. The molecule has 1 saturated carbocycles. The highest BCUT2D eigenvalue weighted by molar-refractivity contribution is 5.25. The van der Waals surface area contributed by atoms with E-state index in [4.69, 9.17) is 4.52 Å². The van der Waals surface area contributed by atoms with Crippen LogP contribution in [0.25, 0.3) is 0 Å². The van der Waals surface area contributed by atoms with Crippen molar-refractivity contribution in [2.24, 2.45) is 0 Å². The SMILES string of the molecule is Cc1noc([C@H](C)NC2CC(c3cc(F)cc(F)c3)C2)n1. The van der Waals surface area contributed by atoms with Crippen molar-refractivity contribution >= 4 is 0 Å². The second-order valence-corrected chi connectivity index (χ2v) is 5.64. The van der Waals surface area contributed by atoms with Crippen LogP contribution >= 0.6 is 0 Å². The normalized spacial score (nSPS) is 22.9. The van der Waals surface area contributed by atoms with Gasteiger partial charge in [0.1, 0.15) is 11.6 Å². The number of hydrogen-bond donors (Lipinski definition) is 1. The van der Waals surface area contributed by atoms with Crippen molar-refractivity contribution in [3.63, 3.8) is 0 Å². The van der Waals surface area contributed by atoms with Gasteiger partial charge in [0, 0.05) is 12.1 Å². The molecule has 3 rings (SSSR count). The average molecular weight is 293 g/mol. The van der Waals surface area contributed by atoms with Gasteiger partial charge in [0.15, 0.2) is 5.82 Å². The molecule has 0 amide bonds. The smallest absolute Gasteiger partial charge is 0.243 e. The van der Waals surface area contributed by atoms with Gasteiger partial charge in [0.05, 0.1) is 6.04 Å². The maximum absolute atomic E-state index is 13.2. The third-order valence-corrected chi connectivity index (χ3v) is 3.89. The topological polar surface area (TPSA) is 51.0 Å². The highest BCUT2D eigenvalue weighted by atomic mass is 19.1. The first-order valence-corrected chi connectivity index (χ1v) is 7.03. The molecule has 1 fully saturated rings. The van der Waals surface area contributed by atoms with E-state index in [9.17, 15) is 8.78 Å². The first-order chi connectivity index (χ1) is 10.0. The van der Waals surface area contributed by atoms with Gasteiger partial charge in [-0.15, -0.1) is 0 Å². The van der Waals surface area contributed by atoms with Crippen LogP contribution in [0.15, 0.2) is 22.7 Å². The lowest BCUT2D eigenvalue weighted by Crippen LogP contribution is -2.41. The summed E-state index contributed by atoms with van der Waals surface area (Å²) in [4.78, 5) is 4.18. The summed E-state index contributed by atoms with van der Waals surface area (Å²) in [6.45, 7) is 3.74.